The second kappa shape index (κ2) is 6.52. The molecule has 0 bridgehead atoms. The number of primary amides is 1. The van der Waals surface area contributed by atoms with Gasteiger partial charge in [0.05, 0.1) is 29.5 Å². The van der Waals surface area contributed by atoms with Gasteiger partial charge in [0.2, 0.25) is 5.91 Å². The number of hydrogen-bond acceptors (Lipinski definition) is 5. The smallest absolute Gasteiger partial charge is 0.264 e. The molecule has 0 radical (unpaired) electrons. The number of morpholine rings is 1. The van der Waals surface area contributed by atoms with Crippen molar-refractivity contribution in [2.45, 2.75) is 6.04 Å². The largest absolute Gasteiger partial charge is 0.377 e. The van der Waals surface area contributed by atoms with Gasteiger partial charge in [-0.15, -0.1) is 11.3 Å². The molecule has 7 heteroatoms. The average Bonchev–Trinajstić information content (AvgIpc) is 2.93. The van der Waals surface area contributed by atoms with E-state index in [0.717, 1.165) is 4.88 Å². The molecule has 1 aliphatic rings. The van der Waals surface area contributed by atoms with Gasteiger partial charge in [0.25, 0.3) is 5.91 Å². The van der Waals surface area contributed by atoms with Crippen LogP contribution in [0.4, 0.5) is 0 Å². The Morgan fingerprint density at radius 2 is 2.30 bits per heavy atom. The maximum absolute atomic E-state index is 12.4. The van der Waals surface area contributed by atoms with Crippen molar-refractivity contribution in [2.24, 2.45) is 11.5 Å². The lowest BCUT2D eigenvalue weighted by atomic mass is 10.2. The predicted octanol–water partition coefficient (Wildman–Crippen LogP) is -0.615. The molecule has 1 fully saturated rings. The van der Waals surface area contributed by atoms with Crippen LogP contribution in [0.25, 0.3) is 0 Å². The lowest BCUT2D eigenvalue weighted by molar-refractivity contribution is -0.127. The van der Waals surface area contributed by atoms with Gasteiger partial charge in [-0.3, -0.25) is 9.59 Å². The number of nitrogens with two attached hydrogens (primary N) is 2. The Morgan fingerprint density at radius 1 is 1.50 bits per heavy atom. The van der Waals surface area contributed by atoms with Crippen LogP contribution in [0.1, 0.15) is 14.5 Å². The molecule has 1 unspecified atom stereocenters. The van der Waals surface area contributed by atoms with Crippen molar-refractivity contribution in [2.75, 3.05) is 26.3 Å². The maximum atomic E-state index is 12.4. The van der Waals surface area contributed by atoms with E-state index in [9.17, 15) is 9.59 Å². The summed E-state index contributed by atoms with van der Waals surface area (Å²) >= 11 is 1.28. The molecule has 0 saturated carbocycles. The van der Waals surface area contributed by atoms with Crippen LogP contribution in [0.3, 0.4) is 0 Å². The Kier molecular flexibility index (Phi) is 4.74. The molecule has 106 valence electrons. The summed E-state index contributed by atoms with van der Waals surface area (Å²) in [6, 6.07) is 2.75. The van der Waals surface area contributed by atoms with E-state index < -0.39 is 11.9 Å². The zero-order valence-electron chi connectivity index (χ0n) is 10.8. The number of thiophene rings is 1. The van der Waals surface area contributed by atoms with Crippen LogP contribution in [-0.4, -0.2) is 49.1 Å². The van der Waals surface area contributed by atoms with Crippen molar-refractivity contribution < 1.29 is 14.3 Å². The van der Waals surface area contributed by atoms with Gasteiger partial charge in [0.1, 0.15) is 6.04 Å². The maximum Gasteiger partial charge on any atom is 0.264 e. The number of carbonyl (C=O) groups is 2. The van der Waals surface area contributed by atoms with Crippen LogP contribution in [0.2, 0.25) is 0 Å². The van der Waals surface area contributed by atoms with E-state index in [-0.39, 0.29) is 19.1 Å². The molecule has 1 aromatic heterocycles. The Labute approximate surface area is 120 Å². The topological polar surface area (TPSA) is 98.7 Å². The standard InChI is InChI=1S/C13H15N3O3S/c14-5-1-2-9-3-4-11(20-9)13(18)16-6-7-19-8-10(16)12(15)17/h3-4,10H,5-8,14H2,(H2,15,17). The first-order valence-electron chi connectivity index (χ1n) is 6.10. The minimum Gasteiger partial charge on any atom is -0.377 e. The molecule has 0 aliphatic carbocycles. The van der Waals surface area contributed by atoms with Gasteiger partial charge in [-0.2, -0.15) is 0 Å². The lowest BCUT2D eigenvalue weighted by Gasteiger charge is -2.33. The molecule has 0 aromatic carbocycles. The monoisotopic (exact) mass is 293 g/mol. The summed E-state index contributed by atoms with van der Waals surface area (Å²) < 4.78 is 5.19. The zero-order chi connectivity index (χ0) is 14.5. The molecule has 2 heterocycles. The van der Waals surface area contributed by atoms with Crippen LogP contribution in [-0.2, 0) is 9.53 Å². The first-order valence-corrected chi connectivity index (χ1v) is 6.92. The van der Waals surface area contributed by atoms with Gasteiger partial charge in [-0.1, -0.05) is 11.8 Å². The molecule has 1 aromatic rings. The predicted molar refractivity (Wildman–Crippen MR) is 75.1 cm³/mol. The molecule has 4 N–H and O–H groups in total. The molecular formula is C13H15N3O3S. The lowest BCUT2D eigenvalue weighted by Crippen LogP contribution is -2.54. The highest BCUT2D eigenvalue weighted by Gasteiger charge is 2.32. The molecule has 20 heavy (non-hydrogen) atoms. The Balaban J connectivity index is 2.17. The van der Waals surface area contributed by atoms with Crippen LogP contribution >= 0.6 is 11.3 Å². The fourth-order valence-corrected chi connectivity index (χ4v) is 2.72. The highest BCUT2D eigenvalue weighted by molar-refractivity contribution is 7.14. The third-order valence-electron chi connectivity index (χ3n) is 2.85. The van der Waals surface area contributed by atoms with Gasteiger partial charge in [-0.05, 0) is 12.1 Å². The van der Waals surface area contributed by atoms with Crippen molar-refractivity contribution in [3.63, 3.8) is 0 Å². The van der Waals surface area contributed by atoms with E-state index in [1.54, 1.807) is 12.1 Å². The van der Waals surface area contributed by atoms with Crippen LogP contribution < -0.4 is 11.5 Å². The van der Waals surface area contributed by atoms with Crippen molar-refractivity contribution in [1.29, 1.82) is 0 Å². The Morgan fingerprint density at radius 3 is 3.00 bits per heavy atom. The fourth-order valence-electron chi connectivity index (χ4n) is 1.88. The SMILES string of the molecule is NCC#Cc1ccc(C(=O)N2CCOCC2C(N)=O)s1. The molecule has 0 spiro atoms. The third kappa shape index (κ3) is 3.17. The summed E-state index contributed by atoms with van der Waals surface area (Å²) in [5.74, 6) is 4.83. The quantitative estimate of drug-likeness (QED) is 0.710. The molecule has 2 rings (SSSR count). The summed E-state index contributed by atoms with van der Waals surface area (Å²) in [6.45, 7) is 1.18. The van der Waals surface area contributed by atoms with Gasteiger partial charge < -0.3 is 21.1 Å². The first kappa shape index (κ1) is 14.5. The summed E-state index contributed by atoms with van der Waals surface area (Å²) in [4.78, 5) is 26.5. The second-order valence-corrected chi connectivity index (χ2v) is 5.25. The zero-order valence-corrected chi connectivity index (χ0v) is 11.6. The van der Waals surface area contributed by atoms with E-state index in [2.05, 4.69) is 11.8 Å². The van der Waals surface area contributed by atoms with Crippen LogP contribution in [0.15, 0.2) is 12.1 Å². The summed E-state index contributed by atoms with van der Waals surface area (Å²) in [7, 11) is 0. The van der Waals surface area contributed by atoms with Gasteiger partial charge in [-0.25, -0.2) is 0 Å². The third-order valence-corrected chi connectivity index (χ3v) is 3.84. The van der Waals surface area contributed by atoms with Gasteiger partial charge in [0, 0.05) is 6.54 Å². The van der Waals surface area contributed by atoms with Crippen molar-refractivity contribution in [3.05, 3.63) is 21.9 Å². The summed E-state index contributed by atoms with van der Waals surface area (Å²) in [6.07, 6.45) is 0. The van der Waals surface area contributed by atoms with E-state index in [1.165, 1.54) is 16.2 Å². The minimum atomic E-state index is -0.711. The number of hydrogen-bond donors (Lipinski definition) is 2. The second-order valence-electron chi connectivity index (χ2n) is 4.16. The first-order chi connectivity index (χ1) is 9.63. The van der Waals surface area contributed by atoms with Crippen LogP contribution in [0, 0.1) is 11.8 Å². The van der Waals surface area contributed by atoms with Gasteiger partial charge >= 0.3 is 0 Å². The number of rotatable bonds is 2. The van der Waals surface area contributed by atoms with Gasteiger partial charge in [0.15, 0.2) is 0 Å². The van der Waals surface area contributed by atoms with E-state index in [4.69, 9.17) is 16.2 Å². The fraction of sp³-hybridized carbons (Fsp3) is 0.385. The molecule has 1 aliphatic heterocycles. The van der Waals surface area contributed by atoms with E-state index in [1.807, 2.05) is 0 Å². The highest BCUT2D eigenvalue weighted by atomic mass is 32.1. The number of amides is 2. The van der Waals surface area contributed by atoms with Crippen molar-refractivity contribution >= 4 is 23.2 Å². The normalized spacial score (nSPS) is 18.2. The van der Waals surface area contributed by atoms with E-state index in [0.29, 0.717) is 18.0 Å². The summed E-state index contributed by atoms with van der Waals surface area (Å²) in [5.41, 5.74) is 10.6. The molecule has 6 nitrogen and oxygen atoms in total. The molecule has 1 atom stereocenters. The summed E-state index contributed by atoms with van der Waals surface area (Å²) in [5, 5.41) is 0. The van der Waals surface area contributed by atoms with E-state index >= 15 is 0 Å². The van der Waals surface area contributed by atoms with Crippen molar-refractivity contribution in [3.8, 4) is 11.8 Å². The average molecular weight is 293 g/mol. The number of nitrogens with zero attached hydrogens (tertiary/aromatic N) is 1. The van der Waals surface area contributed by atoms with Crippen LogP contribution in [0.5, 0.6) is 0 Å². The minimum absolute atomic E-state index is 0.145. The Hall–Kier alpha value is -1.88. The molecule has 2 amide bonds. The molecular weight excluding hydrogens is 278 g/mol. The number of carbonyl (C=O) groups excluding carboxylic acids is 2. The molecule has 1 saturated heterocycles. The Bertz CT molecular complexity index is 573. The number of ether oxygens (including phenoxy) is 1. The van der Waals surface area contributed by atoms with Crippen molar-refractivity contribution in [1.82, 2.24) is 4.90 Å². The highest BCUT2D eigenvalue weighted by Crippen LogP contribution is 2.20.